The van der Waals surface area contributed by atoms with Gasteiger partial charge in [0.05, 0.1) is 17.2 Å². The minimum atomic E-state index is -0.189. The number of anilines is 1. The molecule has 2 aromatic carbocycles. The van der Waals surface area contributed by atoms with Crippen LogP contribution in [-0.2, 0) is 0 Å². The van der Waals surface area contributed by atoms with Gasteiger partial charge >= 0.3 is 0 Å². The van der Waals surface area contributed by atoms with Crippen LogP contribution < -0.4 is 10.1 Å². The third-order valence-electron chi connectivity index (χ3n) is 2.93. The fourth-order valence-corrected chi connectivity index (χ4v) is 2.55. The molecular weight excluding hydrogens is 354 g/mol. The molecule has 1 amide bonds. The molecule has 0 aliphatic heterocycles. The number of nitrogens with one attached hydrogen (secondary N) is 1. The lowest BCUT2D eigenvalue weighted by Gasteiger charge is -2.10. The van der Waals surface area contributed by atoms with Crippen LogP contribution in [0.5, 0.6) is 5.75 Å². The Balaban J connectivity index is 2.20. The predicted octanol–water partition coefficient (Wildman–Crippen LogP) is 5.06. The van der Waals surface area contributed by atoms with Crippen molar-refractivity contribution < 1.29 is 9.53 Å². The maximum atomic E-state index is 12.3. The van der Waals surface area contributed by atoms with Gasteiger partial charge in [0, 0.05) is 10.2 Å². The van der Waals surface area contributed by atoms with Crippen molar-refractivity contribution in [1.29, 1.82) is 0 Å². The van der Waals surface area contributed by atoms with Gasteiger partial charge in [-0.05, 0) is 59.6 Å². The maximum absolute atomic E-state index is 12.3. The van der Waals surface area contributed by atoms with E-state index in [0.717, 1.165) is 10.0 Å². The molecule has 0 spiro atoms. The summed E-state index contributed by atoms with van der Waals surface area (Å²) in [6.07, 6.45) is 0. The Morgan fingerprint density at radius 1 is 1.33 bits per heavy atom. The van der Waals surface area contributed by atoms with E-state index in [1.54, 1.807) is 24.3 Å². The van der Waals surface area contributed by atoms with Crippen molar-refractivity contribution in [3.8, 4) is 5.75 Å². The number of rotatable bonds is 4. The van der Waals surface area contributed by atoms with E-state index in [9.17, 15) is 4.79 Å². The Morgan fingerprint density at radius 3 is 2.76 bits per heavy atom. The van der Waals surface area contributed by atoms with Gasteiger partial charge in [-0.25, -0.2) is 0 Å². The molecule has 0 aromatic heterocycles. The molecule has 0 aliphatic rings. The molecule has 0 saturated heterocycles. The van der Waals surface area contributed by atoms with Gasteiger partial charge in [-0.1, -0.05) is 23.7 Å². The monoisotopic (exact) mass is 367 g/mol. The summed E-state index contributed by atoms with van der Waals surface area (Å²) in [5, 5.41) is 3.30. The number of aryl methyl sites for hydroxylation is 1. The molecule has 1 N–H and O–H groups in total. The zero-order valence-corrected chi connectivity index (χ0v) is 14.1. The van der Waals surface area contributed by atoms with Gasteiger partial charge in [0.2, 0.25) is 0 Å². The lowest BCUT2D eigenvalue weighted by atomic mass is 10.1. The molecule has 2 aromatic rings. The molecule has 3 nitrogen and oxygen atoms in total. The quantitative estimate of drug-likeness (QED) is 0.819. The van der Waals surface area contributed by atoms with E-state index in [1.165, 1.54) is 0 Å². The number of amides is 1. The van der Waals surface area contributed by atoms with E-state index < -0.39 is 0 Å². The molecule has 0 saturated carbocycles. The van der Waals surface area contributed by atoms with Crippen molar-refractivity contribution in [2.45, 2.75) is 13.8 Å². The Labute approximate surface area is 137 Å². The van der Waals surface area contributed by atoms with Crippen molar-refractivity contribution in [3.63, 3.8) is 0 Å². The third-order valence-corrected chi connectivity index (χ3v) is 4.27. The first-order valence-corrected chi connectivity index (χ1v) is 7.69. The zero-order valence-electron chi connectivity index (χ0n) is 11.7. The number of benzene rings is 2. The first-order chi connectivity index (χ1) is 10.0. The van der Waals surface area contributed by atoms with Crippen LogP contribution in [0.4, 0.5) is 5.69 Å². The van der Waals surface area contributed by atoms with Gasteiger partial charge in [-0.15, -0.1) is 0 Å². The summed E-state index contributed by atoms with van der Waals surface area (Å²) in [6.45, 7) is 4.37. The van der Waals surface area contributed by atoms with E-state index in [-0.39, 0.29) is 5.91 Å². The average molecular weight is 369 g/mol. The van der Waals surface area contributed by atoms with Crippen LogP contribution in [0.25, 0.3) is 0 Å². The second kappa shape index (κ2) is 6.96. The second-order valence-corrected chi connectivity index (χ2v) is 5.67. The molecule has 21 heavy (non-hydrogen) atoms. The minimum Gasteiger partial charge on any atom is -0.492 e. The summed E-state index contributed by atoms with van der Waals surface area (Å²) in [5.41, 5.74) is 2.22. The van der Waals surface area contributed by atoms with Crippen LogP contribution in [0.2, 0.25) is 5.02 Å². The molecule has 110 valence electrons. The number of carbonyl (C=O) groups is 1. The van der Waals surface area contributed by atoms with Crippen LogP contribution in [-0.4, -0.2) is 12.5 Å². The number of halogens is 2. The highest BCUT2D eigenvalue weighted by atomic mass is 79.9. The van der Waals surface area contributed by atoms with Crippen LogP contribution in [0, 0.1) is 6.92 Å². The normalized spacial score (nSPS) is 10.3. The Kier molecular flexibility index (Phi) is 5.26. The van der Waals surface area contributed by atoms with Crippen molar-refractivity contribution in [1.82, 2.24) is 0 Å². The Hall–Kier alpha value is -1.52. The van der Waals surface area contributed by atoms with Crippen molar-refractivity contribution in [2.75, 3.05) is 11.9 Å². The number of carbonyl (C=O) groups excluding carboxylic acids is 1. The summed E-state index contributed by atoms with van der Waals surface area (Å²) in [5.74, 6) is 0.416. The molecule has 0 unspecified atom stereocenters. The highest BCUT2D eigenvalue weighted by Crippen LogP contribution is 2.28. The lowest BCUT2D eigenvalue weighted by molar-refractivity contribution is 0.102. The summed E-state index contributed by atoms with van der Waals surface area (Å²) in [7, 11) is 0. The molecule has 0 fully saturated rings. The third kappa shape index (κ3) is 3.77. The summed E-state index contributed by atoms with van der Waals surface area (Å²) >= 11 is 9.54. The largest absolute Gasteiger partial charge is 0.492 e. The standard InChI is InChI=1S/C16H15BrClNO2/c1-3-21-14-8-7-11(9-13(14)18)19-16(20)12-6-4-5-10(2)15(12)17/h4-9H,3H2,1-2H3,(H,19,20). The van der Waals surface area contributed by atoms with Gasteiger partial charge in [0.15, 0.2) is 0 Å². The van der Waals surface area contributed by atoms with Crippen LogP contribution >= 0.6 is 27.5 Å². The van der Waals surface area contributed by atoms with Gasteiger partial charge < -0.3 is 10.1 Å². The Bertz CT molecular complexity index is 673. The number of hydrogen-bond donors (Lipinski definition) is 1. The molecule has 0 aliphatic carbocycles. The molecule has 0 bridgehead atoms. The van der Waals surface area contributed by atoms with Crippen LogP contribution in [0.3, 0.4) is 0 Å². The van der Waals surface area contributed by atoms with Crippen LogP contribution in [0.1, 0.15) is 22.8 Å². The van der Waals surface area contributed by atoms with E-state index >= 15 is 0 Å². The van der Waals surface area contributed by atoms with Gasteiger partial charge in [-0.2, -0.15) is 0 Å². The highest BCUT2D eigenvalue weighted by molar-refractivity contribution is 9.10. The SMILES string of the molecule is CCOc1ccc(NC(=O)c2cccc(C)c2Br)cc1Cl. The van der Waals surface area contributed by atoms with Gasteiger partial charge in [0.25, 0.3) is 5.91 Å². The fourth-order valence-electron chi connectivity index (χ4n) is 1.87. The molecule has 0 radical (unpaired) electrons. The first-order valence-electron chi connectivity index (χ1n) is 6.51. The van der Waals surface area contributed by atoms with E-state index in [0.29, 0.717) is 28.6 Å². The summed E-state index contributed by atoms with van der Waals surface area (Å²) in [4.78, 5) is 12.3. The summed E-state index contributed by atoms with van der Waals surface area (Å²) < 4.78 is 6.16. The number of hydrogen-bond acceptors (Lipinski definition) is 2. The van der Waals surface area contributed by atoms with Crippen molar-refractivity contribution in [2.24, 2.45) is 0 Å². The first kappa shape index (κ1) is 15.9. The van der Waals surface area contributed by atoms with E-state index in [2.05, 4.69) is 21.2 Å². The topological polar surface area (TPSA) is 38.3 Å². The molecule has 5 heteroatoms. The van der Waals surface area contributed by atoms with Crippen molar-refractivity contribution >= 4 is 39.1 Å². The predicted molar refractivity (Wildman–Crippen MR) is 89.5 cm³/mol. The molecular formula is C16H15BrClNO2. The van der Waals surface area contributed by atoms with Crippen molar-refractivity contribution in [3.05, 3.63) is 57.0 Å². The highest BCUT2D eigenvalue weighted by Gasteiger charge is 2.12. The molecule has 0 atom stereocenters. The number of ether oxygens (including phenoxy) is 1. The maximum Gasteiger partial charge on any atom is 0.256 e. The zero-order chi connectivity index (χ0) is 15.4. The van der Waals surface area contributed by atoms with Gasteiger partial charge in [0.1, 0.15) is 5.75 Å². The average Bonchev–Trinajstić information content (AvgIpc) is 2.45. The molecule has 2 rings (SSSR count). The van der Waals surface area contributed by atoms with Gasteiger partial charge in [-0.3, -0.25) is 4.79 Å². The van der Waals surface area contributed by atoms with Crippen LogP contribution in [0.15, 0.2) is 40.9 Å². The minimum absolute atomic E-state index is 0.189. The fraction of sp³-hybridized carbons (Fsp3) is 0.188. The van der Waals surface area contributed by atoms with E-state index in [1.807, 2.05) is 26.0 Å². The van der Waals surface area contributed by atoms with E-state index in [4.69, 9.17) is 16.3 Å². The lowest BCUT2D eigenvalue weighted by Crippen LogP contribution is -2.13. The Morgan fingerprint density at radius 2 is 2.10 bits per heavy atom. The smallest absolute Gasteiger partial charge is 0.256 e. The summed E-state index contributed by atoms with van der Waals surface area (Å²) in [6, 6.07) is 10.7. The second-order valence-electron chi connectivity index (χ2n) is 4.47. The molecule has 0 heterocycles.